The Hall–Kier alpha value is -2.11. The van der Waals surface area contributed by atoms with Gasteiger partial charge in [-0.05, 0) is 36.2 Å². The average molecular weight is 299 g/mol. The highest BCUT2D eigenvalue weighted by Gasteiger charge is 2.12. The van der Waals surface area contributed by atoms with Crippen molar-refractivity contribution < 1.29 is 9.53 Å². The maximum atomic E-state index is 12.2. The molecule has 0 saturated carbocycles. The highest BCUT2D eigenvalue weighted by molar-refractivity contribution is 6.03. The van der Waals surface area contributed by atoms with Crippen LogP contribution in [-0.2, 0) is 11.3 Å². The Morgan fingerprint density at radius 3 is 2.86 bits per heavy atom. The molecule has 1 amide bonds. The molecule has 0 atom stereocenters. The minimum Gasteiger partial charge on any atom is -0.379 e. The molecular weight excluding hydrogens is 278 g/mol. The molecule has 5 nitrogen and oxygen atoms in total. The Kier molecular flexibility index (Phi) is 4.56. The molecule has 1 fully saturated rings. The Morgan fingerprint density at radius 1 is 1.32 bits per heavy atom. The molecular formula is C17H21N3O2. The molecule has 1 saturated heterocycles. The molecule has 1 aromatic carbocycles. The van der Waals surface area contributed by atoms with Crippen LogP contribution < -0.4 is 5.32 Å². The second kappa shape index (κ2) is 6.77. The van der Waals surface area contributed by atoms with E-state index in [0.29, 0.717) is 5.69 Å². The van der Waals surface area contributed by atoms with E-state index in [0.717, 1.165) is 44.1 Å². The second-order valence-electron chi connectivity index (χ2n) is 5.63. The number of aromatic nitrogens is 1. The molecule has 0 radical (unpaired) electrons. The average Bonchev–Trinajstić information content (AvgIpc) is 2.95. The lowest BCUT2D eigenvalue weighted by Crippen LogP contribution is -2.35. The summed E-state index contributed by atoms with van der Waals surface area (Å²) in [6.45, 7) is 6.34. The first kappa shape index (κ1) is 14.8. The molecule has 22 heavy (non-hydrogen) atoms. The lowest BCUT2D eigenvalue weighted by Gasteiger charge is -2.26. The highest BCUT2D eigenvalue weighted by atomic mass is 16.5. The van der Waals surface area contributed by atoms with Crippen molar-refractivity contribution in [1.82, 2.24) is 9.88 Å². The van der Waals surface area contributed by atoms with Crippen LogP contribution in [0.4, 0.5) is 5.69 Å². The number of hydrogen-bond donors (Lipinski definition) is 2. The lowest BCUT2D eigenvalue weighted by molar-refractivity contribution is 0.0342. The number of nitrogens with one attached hydrogen (secondary N) is 2. The van der Waals surface area contributed by atoms with Gasteiger partial charge in [-0.2, -0.15) is 0 Å². The summed E-state index contributed by atoms with van der Waals surface area (Å²) < 4.78 is 5.36. The van der Waals surface area contributed by atoms with E-state index < -0.39 is 0 Å². The van der Waals surface area contributed by atoms with Gasteiger partial charge in [0.2, 0.25) is 0 Å². The fraction of sp³-hybridized carbons (Fsp3) is 0.353. The Morgan fingerprint density at radius 2 is 2.14 bits per heavy atom. The van der Waals surface area contributed by atoms with Crippen LogP contribution in [0.25, 0.3) is 0 Å². The molecule has 5 heteroatoms. The zero-order valence-electron chi connectivity index (χ0n) is 12.8. The van der Waals surface area contributed by atoms with Gasteiger partial charge in [-0.1, -0.05) is 12.1 Å². The van der Waals surface area contributed by atoms with Crippen LogP contribution in [0.5, 0.6) is 0 Å². The number of nitrogens with zero attached hydrogens (tertiary/aromatic N) is 1. The van der Waals surface area contributed by atoms with Gasteiger partial charge in [-0.25, -0.2) is 0 Å². The van der Waals surface area contributed by atoms with Crippen molar-refractivity contribution in [3.8, 4) is 0 Å². The van der Waals surface area contributed by atoms with Crippen LogP contribution in [0.15, 0.2) is 36.5 Å². The smallest absolute Gasteiger partial charge is 0.272 e. The number of benzene rings is 1. The predicted molar refractivity (Wildman–Crippen MR) is 86.0 cm³/mol. The number of anilines is 1. The maximum absolute atomic E-state index is 12.2. The van der Waals surface area contributed by atoms with E-state index in [4.69, 9.17) is 4.74 Å². The summed E-state index contributed by atoms with van der Waals surface area (Å²) in [6.07, 6.45) is 1.82. The van der Waals surface area contributed by atoms with Crippen molar-refractivity contribution in [2.45, 2.75) is 13.5 Å². The molecule has 1 aromatic heterocycles. The number of amides is 1. The van der Waals surface area contributed by atoms with Crippen molar-refractivity contribution >= 4 is 11.6 Å². The van der Waals surface area contributed by atoms with E-state index in [-0.39, 0.29) is 5.91 Å². The summed E-state index contributed by atoms with van der Waals surface area (Å²) in [6, 6.07) is 9.85. The predicted octanol–water partition coefficient (Wildman–Crippen LogP) is 2.41. The van der Waals surface area contributed by atoms with Crippen molar-refractivity contribution in [3.63, 3.8) is 0 Å². The zero-order chi connectivity index (χ0) is 15.4. The first-order chi connectivity index (χ1) is 10.7. The maximum Gasteiger partial charge on any atom is 0.272 e. The summed E-state index contributed by atoms with van der Waals surface area (Å²) >= 11 is 0. The molecule has 1 aliphatic heterocycles. The van der Waals surface area contributed by atoms with Crippen molar-refractivity contribution in [2.75, 3.05) is 31.6 Å². The van der Waals surface area contributed by atoms with E-state index in [9.17, 15) is 4.79 Å². The third-order valence-electron chi connectivity index (χ3n) is 3.77. The number of carbonyl (C=O) groups excluding carboxylic acids is 1. The van der Waals surface area contributed by atoms with Gasteiger partial charge in [-0.3, -0.25) is 9.69 Å². The van der Waals surface area contributed by atoms with Gasteiger partial charge in [-0.15, -0.1) is 0 Å². The van der Waals surface area contributed by atoms with Gasteiger partial charge in [0.1, 0.15) is 5.69 Å². The molecule has 2 aromatic rings. The largest absolute Gasteiger partial charge is 0.379 e. The van der Waals surface area contributed by atoms with Gasteiger partial charge in [0.05, 0.1) is 13.2 Å². The Bertz CT molecular complexity index is 645. The van der Waals surface area contributed by atoms with Crippen LogP contribution in [-0.4, -0.2) is 42.1 Å². The summed E-state index contributed by atoms with van der Waals surface area (Å²) in [5, 5.41) is 2.94. The van der Waals surface area contributed by atoms with E-state index in [1.807, 2.05) is 37.4 Å². The van der Waals surface area contributed by atoms with E-state index in [2.05, 4.69) is 21.3 Å². The van der Waals surface area contributed by atoms with Crippen molar-refractivity contribution in [2.24, 2.45) is 0 Å². The SMILES string of the molecule is Cc1c[nH]c(C(=O)Nc2cccc(CN3CCOCC3)c2)c1. The van der Waals surface area contributed by atoms with Crippen LogP contribution in [0.2, 0.25) is 0 Å². The minimum absolute atomic E-state index is 0.114. The molecule has 2 heterocycles. The fourth-order valence-electron chi connectivity index (χ4n) is 2.60. The van der Waals surface area contributed by atoms with Crippen molar-refractivity contribution in [1.29, 1.82) is 0 Å². The first-order valence-corrected chi connectivity index (χ1v) is 7.56. The normalized spacial score (nSPS) is 15.7. The van der Waals surface area contributed by atoms with Gasteiger partial charge in [0, 0.05) is 31.5 Å². The molecule has 3 rings (SSSR count). The molecule has 0 bridgehead atoms. The van der Waals surface area contributed by atoms with Crippen LogP contribution in [0, 0.1) is 6.92 Å². The monoisotopic (exact) mass is 299 g/mol. The Balaban J connectivity index is 1.64. The number of H-pyrrole nitrogens is 1. The number of rotatable bonds is 4. The van der Waals surface area contributed by atoms with Crippen LogP contribution in [0.3, 0.4) is 0 Å². The number of aryl methyl sites for hydroxylation is 1. The van der Waals surface area contributed by atoms with E-state index in [1.165, 1.54) is 5.56 Å². The summed E-state index contributed by atoms with van der Waals surface area (Å²) in [7, 11) is 0. The molecule has 0 aliphatic carbocycles. The summed E-state index contributed by atoms with van der Waals surface area (Å²) in [4.78, 5) is 17.5. The quantitative estimate of drug-likeness (QED) is 0.911. The van der Waals surface area contributed by atoms with Crippen LogP contribution in [0.1, 0.15) is 21.6 Å². The highest BCUT2D eigenvalue weighted by Crippen LogP contribution is 2.15. The zero-order valence-corrected chi connectivity index (χ0v) is 12.8. The van der Waals surface area contributed by atoms with E-state index in [1.54, 1.807) is 0 Å². The molecule has 0 spiro atoms. The van der Waals surface area contributed by atoms with Crippen LogP contribution >= 0.6 is 0 Å². The number of aromatic amines is 1. The first-order valence-electron chi connectivity index (χ1n) is 7.56. The minimum atomic E-state index is -0.114. The van der Waals surface area contributed by atoms with Gasteiger partial charge < -0.3 is 15.0 Å². The lowest BCUT2D eigenvalue weighted by atomic mass is 10.1. The number of morpholine rings is 1. The fourth-order valence-corrected chi connectivity index (χ4v) is 2.60. The number of carbonyl (C=O) groups is 1. The molecule has 116 valence electrons. The second-order valence-corrected chi connectivity index (χ2v) is 5.63. The summed E-state index contributed by atoms with van der Waals surface area (Å²) in [5.74, 6) is -0.114. The third-order valence-corrected chi connectivity index (χ3v) is 3.77. The molecule has 0 unspecified atom stereocenters. The Labute approximate surface area is 130 Å². The van der Waals surface area contributed by atoms with Crippen molar-refractivity contribution in [3.05, 3.63) is 53.3 Å². The van der Waals surface area contributed by atoms with E-state index >= 15 is 0 Å². The molecule has 2 N–H and O–H groups in total. The standard InChI is InChI=1S/C17H21N3O2/c1-13-9-16(18-11-13)17(21)19-15-4-2-3-14(10-15)12-20-5-7-22-8-6-20/h2-4,9-11,18H,5-8,12H2,1H3,(H,19,21). The third kappa shape index (κ3) is 3.75. The number of hydrogen-bond acceptors (Lipinski definition) is 3. The molecule has 1 aliphatic rings. The van der Waals surface area contributed by atoms with Gasteiger partial charge in [0.15, 0.2) is 0 Å². The summed E-state index contributed by atoms with van der Waals surface area (Å²) in [5.41, 5.74) is 3.65. The van der Waals surface area contributed by atoms with Gasteiger partial charge >= 0.3 is 0 Å². The number of ether oxygens (including phenoxy) is 1. The van der Waals surface area contributed by atoms with Gasteiger partial charge in [0.25, 0.3) is 5.91 Å². The topological polar surface area (TPSA) is 57.4 Å².